The second kappa shape index (κ2) is 19.9. The minimum Gasteiger partial charge on any atom is -0.460 e. The van der Waals surface area contributed by atoms with Crippen molar-refractivity contribution in [2.24, 2.45) is 0 Å². The minimum absolute atomic E-state index is 0.0724. The molecule has 3 atom stereocenters. The van der Waals surface area contributed by atoms with E-state index in [9.17, 15) is 9.59 Å². The van der Waals surface area contributed by atoms with E-state index in [0.717, 1.165) is 25.7 Å². The summed E-state index contributed by atoms with van der Waals surface area (Å²) in [6, 6.07) is -0.413. The molecule has 37 heavy (non-hydrogen) atoms. The Bertz CT molecular complexity index is 724. The third kappa shape index (κ3) is 15.0. The summed E-state index contributed by atoms with van der Waals surface area (Å²) in [6.07, 6.45) is 24.7. The fourth-order valence-electron chi connectivity index (χ4n) is 4.47. The van der Waals surface area contributed by atoms with Gasteiger partial charge < -0.3 is 24.8 Å². The van der Waals surface area contributed by atoms with Crippen molar-refractivity contribution in [3.05, 3.63) is 24.4 Å². The number of amides is 1. The predicted octanol–water partition coefficient (Wildman–Crippen LogP) is 5.67. The predicted molar refractivity (Wildman–Crippen MR) is 146 cm³/mol. The van der Waals surface area contributed by atoms with Gasteiger partial charge in [-0.2, -0.15) is 0 Å². The van der Waals surface area contributed by atoms with Crippen LogP contribution in [0.15, 0.2) is 24.4 Å². The molecule has 2 aliphatic heterocycles. The maximum Gasteiger partial charge on any atom is 0.305 e. The molecular weight excluding hydrogens is 470 g/mol. The van der Waals surface area contributed by atoms with Crippen molar-refractivity contribution in [1.82, 2.24) is 10.6 Å². The number of amidine groups is 1. The number of nitrogens with one attached hydrogen (secondary N) is 3. The first-order chi connectivity index (χ1) is 18.1. The molecule has 1 amide bonds. The van der Waals surface area contributed by atoms with Crippen LogP contribution in [-0.4, -0.2) is 49.4 Å². The zero-order valence-electron chi connectivity index (χ0n) is 22.8. The second-order valence-corrected chi connectivity index (χ2v) is 10.1. The number of ether oxygens (including phenoxy) is 3. The lowest BCUT2D eigenvalue weighted by Crippen LogP contribution is -2.42. The number of carbonyl (C=O) groups is 2. The number of hydrogen-bond donors (Lipinski definition) is 3. The highest BCUT2D eigenvalue weighted by molar-refractivity contribution is 6.05. The van der Waals surface area contributed by atoms with E-state index in [1.807, 2.05) is 0 Å². The molecule has 1 fully saturated rings. The van der Waals surface area contributed by atoms with Crippen molar-refractivity contribution >= 4 is 17.7 Å². The Labute approximate surface area is 223 Å². The smallest absolute Gasteiger partial charge is 0.305 e. The zero-order valence-corrected chi connectivity index (χ0v) is 22.8. The van der Waals surface area contributed by atoms with E-state index in [1.165, 1.54) is 63.9 Å². The van der Waals surface area contributed by atoms with Crippen LogP contribution in [0.4, 0.5) is 0 Å². The summed E-state index contributed by atoms with van der Waals surface area (Å²) >= 11 is 0. The highest BCUT2D eigenvalue weighted by Gasteiger charge is 2.29. The van der Waals surface area contributed by atoms with Gasteiger partial charge in [0.15, 0.2) is 6.29 Å². The maximum absolute atomic E-state index is 12.0. The van der Waals surface area contributed by atoms with Crippen LogP contribution in [0.5, 0.6) is 0 Å². The lowest BCUT2D eigenvalue weighted by Gasteiger charge is -2.16. The van der Waals surface area contributed by atoms with Crippen LogP contribution >= 0.6 is 0 Å². The van der Waals surface area contributed by atoms with Gasteiger partial charge in [0, 0.05) is 12.6 Å². The molecule has 2 rings (SSSR count). The first-order valence-corrected chi connectivity index (χ1v) is 14.5. The highest BCUT2D eigenvalue weighted by Crippen LogP contribution is 2.18. The standard InChI is InChI=1S/C29H49N3O5/c1-2-3-4-5-6-7-8-9-10-11-12-13-14-15-16-17-27(33)35-23-28-36-22-24(37-28)18-19-25-29(34)32-26(30)20-21-31-25/h12-13,20-21,24-25,28,31H,2-11,14-19,22-23H2,1H3,(H2,30,32,34)/b13-12+/t24-,25?,28+/m1/s1. The van der Waals surface area contributed by atoms with E-state index < -0.39 is 12.3 Å². The van der Waals surface area contributed by atoms with Crippen molar-refractivity contribution in [1.29, 1.82) is 5.41 Å². The number of esters is 1. The molecule has 2 aliphatic rings. The summed E-state index contributed by atoms with van der Waals surface area (Å²) in [5, 5.41) is 13.0. The van der Waals surface area contributed by atoms with Crippen LogP contribution < -0.4 is 10.6 Å². The van der Waals surface area contributed by atoms with Crippen LogP contribution in [0.25, 0.3) is 0 Å². The Morgan fingerprint density at radius 1 is 1.03 bits per heavy atom. The van der Waals surface area contributed by atoms with Crippen LogP contribution in [0.3, 0.4) is 0 Å². The third-order valence-corrected chi connectivity index (χ3v) is 6.73. The first-order valence-electron chi connectivity index (χ1n) is 14.5. The normalized spacial score (nSPS) is 21.7. The molecule has 1 saturated heterocycles. The maximum atomic E-state index is 12.0. The lowest BCUT2D eigenvalue weighted by molar-refractivity contribution is -0.157. The summed E-state index contributed by atoms with van der Waals surface area (Å²) in [7, 11) is 0. The van der Waals surface area contributed by atoms with Crippen LogP contribution in [0.1, 0.15) is 110 Å². The average molecular weight is 520 g/mol. The molecule has 3 N–H and O–H groups in total. The van der Waals surface area contributed by atoms with E-state index in [4.69, 9.17) is 19.6 Å². The minimum atomic E-state index is -0.554. The van der Waals surface area contributed by atoms with Crippen molar-refractivity contribution in [2.75, 3.05) is 13.2 Å². The summed E-state index contributed by atoms with van der Waals surface area (Å²) in [5.74, 6) is -0.375. The van der Waals surface area contributed by atoms with E-state index in [2.05, 4.69) is 29.7 Å². The van der Waals surface area contributed by atoms with Crippen molar-refractivity contribution in [3.8, 4) is 0 Å². The molecule has 210 valence electrons. The van der Waals surface area contributed by atoms with E-state index in [0.29, 0.717) is 25.9 Å². The summed E-state index contributed by atoms with van der Waals surface area (Å²) in [6.45, 7) is 2.77. The Hall–Kier alpha value is -2.19. The van der Waals surface area contributed by atoms with Gasteiger partial charge in [0.25, 0.3) is 0 Å². The molecular formula is C29H49N3O5. The molecule has 0 bridgehead atoms. The van der Waals surface area contributed by atoms with Gasteiger partial charge in [-0.3, -0.25) is 15.0 Å². The highest BCUT2D eigenvalue weighted by atomic mass is 16.7. The lowest BCUT2D eigenvalue weighted by atomic mass is 10.1. The second-order valence-electron chi connectivity index (χ2n) is 10.1. The van der Waals surface area contributed by atoms with Gasteiger partial charge >= 0.3 is 5.97 Å². The summed E-state index contributed by atoms with van der Waals surface area (Å²) in [4.78, 5) is 24.0. The topological polar surface area (TPSA) is 110 Å². The molecule has 8 heteroatoms. The fourth-order valence-corrected chi connectivity index (χ4v) is 4.47. The van der Waals surface area contributed by atoms with Gasteiger partial charge in [-0.15, -0.1) is 0 Å². The molecule has 0 aromatic rings. The summed E-state index contributed by atoms with van der Waals surface area (Å²) in [5.41, 5.74) is 0. The van der Waals surface area contributed by atoms with Crippen molar-refractivity contribution < 1.29 is 23.8 Å². The average Bonchev–Trinajstić information content (AvgIpc) is 3.27. The Morgan fingerprint density at radius 3 is 2.43 bits per heavy atom. The molecule has 8 nitrogen and oxygen atoms in total. The van der Waals surface area contributed by atoms with Crippen molar-refractivity contribution in [3.63, 3.8) is 0 Å². The molecule has 2 heterocycles. The third-order valence-electron chi connectivity index (χ3n) is 6.73. The molecule has 0 radical (unpaired) electrons. The Kier molecular flexibility index (Phi) is 16.7. The zero-order chi connectivity index (χ0) is 26.6. The Balaban J connectivity index is 1.39. The van der Waals surface area contributed by atoms with Crippen molar-refractivity contribution in [2.45, 2.75) is 128 Å². The number of allylic oxidation sites excluding steroid dienone is 2. The molecule has 0 aromatic heterocycles. The van der Waals surface area contributed by atoms with E-state index in [1.54, 1.807) is 6.20 Å². The van der Waals surface area contributed by atoms with E-state index in [-0.39, 0.29) is 30.4 Å². The van der Waals surface area contributed by atoms with Crippen LogP contribution in [0, 0.1) is 5.41 Å². The van der Waals surface area contributed by atoms with Crippen LogP contribution in [0.2, 0.25) is 0 Å². The van der Waals surface area contributed by atoms with E-state index >= 15 is 0 Å². The van der Waals surface area contributed by atoms with Gasteiger partial charge in [0.05, 0.1) is 12.7 Å². The Morgan fingerprint density at radius 2 is 1.70 bits per heavy atom. The number of hydrogen-bond acceptors (Lipinski definition) is 7. The van der Waals surface area contributed by atoms with Gasteiger partial charge in [-0.05, 0) is 51.0 Å². The first kappa shape index (κ1) is 31.0. The quantitative estimate of drug-likeness (QED) is 0.109. The monoisotopic (exact) mass is 519 g/mol. The van der Waals surface area contributed by atoms with Gasteiger partial charge in [0.2, 0.25) is 5.91 Å². The SMILES string of the molecule is CCCCCCCCCCC/C=C/CCCCC(=O)OC[C@H]1OC[C@@H](CCC2NC=CC(=N)NC2=O)O1. The molecule has 0 aliphatic carbocycles. The fraction of sp³-hybridized carbons (Fsp3) is 0.759. The largest absolute Gasteiger partial charge is 0.460 e. The summed E-state index contributed by atoms with van der Waals surface area (Å²) < 4.78 is 16.7. The molecule has 0 aromatic carbocycles. The molecule has 0 saturated carbocycles. The number of unbranched alkanes of at least 4 members (excludes halogenated alkanes) is 11. The van der Waals surface area contributed by atoms with Gasteiger partial charge in [0.1, 0.15) is 18.5 Å². The van der Waals surface area contributed by atoms with Crippen LogP contribution in [-0.2, 0) is 23.8 Å². The van der Waals surface area contributed by atoms with Gasteiger partial charge in [-0.25, -0.2) is 0 Å². The molecule has 1 unspecified atom stereocenters. The number of carbonyl (C=O) groups excluding carboxylic acids is 2. The van der Waals surface area contributed by atoms with Gasteiger partial charge in [-0.1, -0.05) is 70.4 Å². The number of rotatable bonds is 20. The molecule has 0 spiro atoms.